The number of piperidine rings is 1. The largest absolute Gasteiger partial charge is 0.342 e. The van der Waals surface area contributed by atoms with Gasteiger partial charge in [-0.3, -0.25) is 9.59 Å². The second-order valence-electron chi connectivity index (χ2n) is 9.06. The molecule has 176 valence electrons. The molecule has 1 aromatic rings. The summed E-state index contributed by atoms with van der Waals surface area (Å²) < 4.78 is 27.3. The van der Waals surface area contributed by atoms with Crippen molar-refractivity contribution in [3.8, 4) is 0 Å². The van der Waals surface area contributed by atoms with E-state index in [0.29, 0.717) is 39.0 Å². The van der Waals surface area contributed by atoms with Crippen LogP contribution >= 0.6 is 11.6 Å². The number of rotatable bonds is 4. The van der Waals surface area contributed by atoms with Gasteiger partial charge in [-0.2, -0.15) is 4.31 Å². The van der Waals surface area contributed by atoms with E-state index in [1.165, 1.54) is 35.3 Å². The van der Waals surface area contributed by atoms with Crippen molar-refractivity contribution >= 4 is 33.4 Å². The Bertz CT molecular complexity index is 946. The van der Waals surface area contributed by atoms with E-state index in [2.05, 4.69) is 0 Å². The van der Waals surface area contributed by atoms with Crippen molar-refractivity contribution in [3.63, 3.8) is 0 Å². The molecule has 4 rings (SSSR count). The van der Waals surface area contributed by atoms with Gasteiger partial charge in [0.1, 0.15) is 0 Å². The Balaban J connectivity index is 1.42. The number of nitrogens with zero attached hydrogens (tertiary/aromatic N) is 3. The van der Waals surface area contributed by atoms with Crippen molar-refractivity contribution < 1.29 is 18.0 Å². The van der Waals surface area contributed by atoms with Gasteiger partial charge in [0.15, 0.2) is 0 Å². The number of hydrogen-bond donors (Lipinski definition) is 0. The summed E-state index contributed by atoms with van der Waals surface area (Å²) in [6.45, 7) is 3.64. The molecule has 0 radical (unpaired) electrons. The molecule has 3 aliphatic rings. The van der Waals surface area contributed by atoms with Crippen LogP contribution < -0.4 is 0 Å². The topological polar surface area (TPSA) is 78.0 Å². The quantitative estimate of drug-likeness (QED) is 0.660. The minimum Gasteiger partial charge on any atom is -0.342 e. The third-order valence-electron chi connectivity index (χ3n) is 6.92. The minimum atomic E-state index is -3.62. The average molecular weight is 482 g/mol. The Hall–Kier alpha value is -1.64. The van der Waals surface area contributed by atoms with Crippen LogP contribution in [0.25, 0.3) is 0 Å². The normalized spacial score (nSPS) is 21.5. The fraction of sp³-hybridized carbons (Fsp3) is 0.652. The number of carbonyl (C=O) groups excluding carboxylic acids is 2. The van der Waals surface area contributed by atoms with E-state index in [1.807, 2.05) is 4.90 Å². The van der Waals surface area contributed by atoms with E-state index in [-0.39, 0.29) is 33.2 Å². The highest BCUT2D eigenvalue weighted by atomic mass is 35.5. The molecule has 3 heterocycles. The molecule has 0 unspecified atom stereocenters. The summed E-state index contributed by atoms with van der Waals surface area (Å²) in [5.74, 6) is -0.0978. The first kappa shape index (κ1) is 23.5. The number of carbonyl (C=O) groups is 2. The first-order chi connectivity index (χ1) is 15.4. The summed E-state index contributed by atoms with van der Waals surface area (Å²) >= 11 is 6.30. The maximum Gasteiger partial charge on any atom is 0.255 e. The van der Waals surface area contributed by atoms with Crippen LogP contribution in [0.3, 0.4) is 0 Å². The van der Waals surface area contributed by atoms with Crippen molar-refractivity contribution in [2.45, 2.75) is 56.3 Å². The van der Waals surface area contributed by atoms with Gasteiger partial charge < -0.3 is 9.80 Å². The Labute approximate surface area is 195 Å². The molecule has 7 nitrogen and oxygen atoms in total. The van der Waals surface area contributed by atoms with E-state index in [9.17, 15) is 18.0 Å². The third-order valence-corrected chi connectivity index (χ3v) is 9.14. The van der Waals surface area contributed by atoms with Gasteiger partial charge in [0.05, 0.1) is 15.5 Å². The third kappa shape index (κ3) is 4.97. The molecule has 0 bridgehead atoms. The van der Waals surface area contributed by atoms with Crippen LogP contribution in [-0.2, 0) is 14.8 Å². The lowest BCUT2D eigenvalue weighted by Crippen LogP contribution is -2.44. The molecule has 0 saturated carbocycles. The van der Waals surface area contributed by atoms with Crippen LogP contribution in [0.2, 0.25) is 5.02 Å². The number of amides is 2. The minimum absolute atomic E-state index is 0.0468. The molecule has 0 spiro atoms. The van der Waals surface area contributed by atoms with E-state index in [1.54, 1.807) is 4.90 Å². The lowest BCUT2D eigenvalue weighted by atomic mass is 9.94. The Kier molecular flexibility index (Phi) is 7.42. The van der Waals surface area contributed by atoms with E-state index in [0.717, 1.165) is 38.8 Å². The van der Waals surface area contributed by atoms with Gasteiger partial charge in [0.25, 0.3) is 5.91 Å². The number of halogens is 1. The van der Waals surface area contributed by atoms with Gasteiger partial charge in [-0.05, 0) is 56.7 Å². The van der Waals surface area contributed by atoms with E-state index < -0.39 is 10.0 Å². The zero-order valence-corrected chi connectivity index (χ0v) is 20.0. The van der Waals surface area contributed by atoms with E-state index in [4.69, 9.17) is 11.6 Å². The van der Waals surface area contributed by atoms with Gasteiger partial charge in [-0.15, -0.1) is 0 Å². The molecule has 1 aromatic carbocycles. The average Bonchev–Trinajstić information content (AvgIpc) is 3.22. The summed E-state index contributed by atoms with van der Waals surface area (Å²) in [6.07, 6.45) is 7.47. The van der Waals surface area contributed by atoms with Gasteiger partial charge in [0.2, 0.25) is 15.9 Å². The number of likely N-dealkylation sites (tertiary alicyclic amines) is 2. The maximum atomic E-state index is 13.2. The second kappa shape index (κ2) is 10.1. The molecule has 32 heavy (non-hydrogen) atoms. The maximum absolute atomic E-state index is 13.2. The predicted molar refractivity (Wildman–Crippen MR) is 123 cm³/mol. The summed E-state index contributed by atoms with van der Waals surface area (Å²) in [6, 6.07) is 4.37. The lowest BCUT2D eigenvalue weighted by molar-refractivity contribution is -0.136. The highest BCUT2D eigenvalue weighted by molar-refractivity contribution is 7.89. The summed E-state index contributed by atoms with van der Waals surface area (Å²) in [5, 5.41) is 0.248. The number of benzene rings is 1. The summed E-state index contributed by atoms with van der Waals surface area (Å²) in [5.41, 5.74) is 0.212. The Morgan fingerprint density at radius 3 is 2.03 bits per heavy atom. The molecule has 0 aliphatic carbocycles. The second-order valence-corrected chi connectivity index (χ2v) is 11.4. The van der Waals surface area contributed by atoms with Crippen molar-refractivity contribution in [3.05, 3.63) is 28.8 Å². The Morgan fingerprint density at radius 1 is 0.812 bits per heavy atom. The molecular weight excluding hydrogens is 450 g/mol. The van der Waals surface area contributed by atoms with Gasteiger partial charge in [0, 0.05) is 45.2 Å². The molecule has 0 N–H and O–H groups in total. The first-order valence-corrected chi connectivity index (χ1v) is 13.6. The summed E-state index contributed by atoms with van der Waals surface area (Å²) in [7, 11) is -3.62. The molecule has 3 aliphatic heterocycles. The molecule has 2 amide bonds. The van der Waals surface area contributed by atoms with Crippen molar-refractivity contribution in [1.29, 1.82) is 0 Å². The zero-order valence-electron chi connectivity index (χ0n) is 18.5. The number of hydrogen-bond acceptors (Lipinski definition) is 4. The molecule has 3 saturated heterocycles. The van der Waals surface area contributed by atoms with Crippen molar-refractivity contribution in [1.82, 2.24) is 14.1 Å². The predicted octanol–water partition coefficient (Wildman–Crippen LogP) is 3.38. The van der Waals surface area contributed by atoms with Crippen LogP contribution in [0.15, 0.2) is 23.1 Å². The van der Waals surface area contributed by atoms with Crippen molar-refractivity contribution in [2.24, 2.45) is 5.92 Å². The van der Waals surface area contributed by atoms with Crippen LogP contribution in [0.1, 0.15) is 61.7 Å². The van der Waals surface area contributed by atoms with Crippen LogP contribution in [0.4, 0.5) is 0 Å². The van der Waals surface area contributed by atoms with Crippen LogP contribution in [-0.4, -0.2) is 73.6 Å². The van der Waals surface area contributed by atoms with E-state index >= 15 is 0 Å². The smallest absolute Gasteiger partial charge is 0.255 e. The fourth-order valence-corrected chi connectivity index (χ4v) is 6.70. The fourth-order valence-electron chi connectivity index (χ4n) is 4.96. The molecule has 3 fully saturated rings. The highest BCUT2D eigenvalue weighted by Gasteiger charge is 2.33. The summed E-state index contributed by atoms with van der Waals surface area (Å²) in [4.78, 5) is 29.9. The standard InChI is InChI=1S/C23H32ClN3O4S/c24-21-8-7-19(32(30,31)27-13-5-6-14-27)17-20(21)23(29)26-15-9-18(10-16-26)22(28)25-11-3-1-2-4-12-25/h7-8,17-18H,1-6,9-16H2. The zero-order chi connectivity index (χ0) is 22.7. The van der Waals surface area contributed by atoms with Crippen LogP contribution in [0.5, 0.6) is 0 Å². The van der Waals surface area contributed by atoms with Crippen LogP contribution in [0, 0.1) is 5.92 Å². The van der Waals surface area contributed by atoms with Gasteiger partial charge in [-0.1, -0.05) is 24.4 Å². The highest BCUT2D eigenvalue weighted by Crippen LogP contribution is 2.28. The van der Waals surface area contributed by atoms with Gasteiger partial charge >= 0.3 is 0 Å². The number of sulfonamides is 1. The molecular formula is C23H32ClN3O4S. The van der Waals surface area contributed by atoms with Crippen molar-refractivity contribution in [2.75, 3.05) is 39.3 Å². The molecule has 9 heteroatoms. The lowest BCUT2D eigenvalue weighted by Gasteiger charge is -2.34. The molecule has 0 aromatic heterocycles. The van der Waals surface area contributed by atoms with Gasteiger partial charge in [-0.25, -0.2) is 8.42 Å². The molecule has 0 atom stereocenters. The monoisotopic (exact) mass is 481 g/mol. The SMILES string of the molecule is O=C(c1cc(S(=O)(=O)N2CCCC2)ccc1Cl)N1CCC(C(=O)N2CCCCCC2)CC1. The Morgan fingerprint density at radius 2 is 1.41 bits per heavy atom. The first-order valence-electron chi connectivity index (χ1n) is 11.8.